The van der Waals surface area contributed by atoms with Gasteiger partial charge in [-0.2, -0.15) is 8.68 Å². The van der Waals surface area contributed by atoms with Crippen molar-refractivity contribution in [1.82, 2.24) is 8.68 Å². The van der Waals surface area contributed by atoms with E-state index in [1.165, 1.54) is 11.5 Å². The first-order chi connectivity index (χ1) is 12.6. The first-order valence-corrected chi connectivity index (χ1v) is 10.5. The molecule has 1 fully saturated rings. The average molecular weight is 390 g/mol. The molecule has 0 saturated carbocycles. The molecular formula is C18H19N3O3S2. The van der Waals surface area contributed by atoms with Crippen molar-refractivity contribution < 1.29 is 13.2 Å². The summed E-state index contributed by atoms with van der Waals surface area (Å²) < 4.78 is 38.0. The number of fused-ring (bicyclic) bond motifs is 1. The van der Waals surface area contributed by atoms with Gasteiger partial charge < -0.3 is 9.64 Å². The fourth-order valence-electron chi connectivity index (χ4n) is 3.14. The van der Waals surface area contributed by atoms with E-state index in [1.54, 1.807) is 35.7 Å². The lowest BCUT2D eigenvalue weighted by Crippen LogP contribution is -2.48. The molecule has 0 aliphatic carbocycles. The van der Waals surface area contributed by atoms with E-state index in [1.807, 2.05) is 12.1 Å². The maximum Gasteiger partial charge on any atom is 0.243 e. The minimum Gasteiger partial charge on any atom is -0.497 e. The van der Waals surface area contributed by atoms with Crippen LogP contribution in [0.1, 0.15) is 0 Å². The van der Waals surface area contributed by atoms with E-state index in [4.69, 9.17) is 4.74 Å². The van der Waals surface area contributed by atoms with Crippen LogP contribution in [0.25, 0.3) is 10.1 Å². The molecular weight excluding hydrogens is 370 g/mol. The topological polar surface area (TPSA) is 62.7 Å². The number of nitrogens with zero attached hydrogens (tertiary/aromatic N) is 3. The van der Waals surface area contributed by atoms with Crippen molar-refractivity contribution in [3.8, 4) is 5.75 Å². The second-order valence-corrected chi connectivity index (χ2v) is 8.81. The van der Waals surface area contributed by atoms with E-state index in [0.717, 1.165) is 15.9 Å². The first-order valence-electron chi connectivity index (χ1n) is 8.33. The van der Waals surface area contributed by atoms with Gasteiger partial charge in [-0.3, -0.25) is 0 Å². The van der Waals surface area contributed by atoms with Crippen molar-refractivity contribution in [2.75, 3.05) is 38.2 Å². The summed E-state index contributed by atoms with van der Waals surface area (Å²) in [5.41, 5.74) is 0. The zero-order chi connectivity index (χ0) is 18.1. The predicted molar refractivity (Wildman–Crippen MR) is 104 cm³/mol. The number of aromatic nitrogens is 1. The molecule has 26 heavy (non-hydrogen) atoms. The van der Waals surface area contributed by atoms with Crippen molar-refractivity contribution in [3.63, 3.8) is 0 Å². The van der Waals surface area contributed by atoms with Gasteiger partial charge in [0.15, 0.2) is 0 Å². The van der Waals surface area contributed by atoms with E-state index >= 15 is 0 Å². The molecule has 1 aliphatic rings. The Balaban J connectivity index is 1.50. The van der Waals surface area contributed by atoms with Crippen molar-refractivity contribution in [2.45, 2.75) is 4.90 Å². The van der Waals surface area contributed by atoms with Gasteiger partial charge in [0.2, 0.25) is 10.0 Å². The Kier molecular flexibility index (Phi) is 4.56. The highest BCUT2D eigenvalue weighted by Crippen LogP contribution is 2.30. The van der Waals surface area contributed by atoms with Crippen LogP contribution in [0.2, 0.25) is 0 Å². The highest BCUT2D eigenvalue weighted by molar-refractivity contribution is 7.89. The highest BCUT2D eigenvalue weighted by atomic mass is 32.2. The summed E-state index contributed by atoms with van der Waals surface area (Å²) in [5, 5.41) is 1.13. The number of anilines is 1. The van der Waals surface area contributed by atoms with Crippen LogP contribution < -0.4 is 9.64 Å². The summed E-state index contributed by atoms with van der Waals surface area (Å²) >= 11 is 1.48. The Morgan fingerprint density at radius 3 is 2.38 bits per heavy atom. The van der Waals surface area contributed by atoms with Gasteiger partial charge in [0.1, 0.15) is 11.6 Å². The van der Waals surface area contributed by atoms with Gasteiger partial charge in [-0.1, -0.05) is 12.1 Å². The van der Waals surface area contributed by atoms with Crippen molar-refractivity contribution in [3.05, 3.63) is 48.5 Å². The first kappa shape index (κ1) is 17.3. The number of methoxy groups -OCH3 is 1. The minimum absolute atomic E-state index is 0.297. The maximum absolute atomic E-state index is 12.8. The lowest BCUT2D eigenvalue weighted by molar-refractivity contribution is 0.384. The van der Waals surface area contributed by atoms with Gasteiger partial charge in [0.25, 0.3) is 0 Å². The van der Waals surface area contributed by atoms with Gasteiger partial charge in [0, 0.05) is 31.6 Å². The standard InChI is InChI=1S/C18H19N3O3S2/c1-24-14-6-8-15(9-7-14)26(22,23)21-12-10-20(11-13-21)18-16-4-2-3-5-17(16)25-19-18/h2-9H,10-13H2,1H3. The van der Waals surface area contributed by atoms with Crippen LogP contribution >= 0.6 is 11.5 Å². The molecule has 0 atom stereocenters. The second-order valence-electron chi connectivity index (χ2n) is 6.07. The minimum atomic E-state index is -3.49. The summed E-state index contributed by atoms with van der Waals surface area (Å²) in [6, 6.07) is 14.7. The summed E-state index contributed by atoms with van der Waals surface area (Å²) in [6.07, 6.45) is 0. The van der Waals surface area contributed by atoms with Gasteiger partial charge >= 0.3 is 0 Å². The molecule has 0 unspecified atom stereocenters. The van der Waals surface area contributed by atoms with Gasteiger partial charge in [0.05, 0.1) is 16.7 Å². The normalized spacial score (nSPS) is 16.1. The SMILES string of the molecule is COc1ccc(S(=O)(=O)N2CCN(c3nsc4ccccc34)CC2)cc1. The molecule has 0 amide bonds. The lowest BCUT2D eigenvalue weighted by atomic mass is 10.2. The van der Waals surface area contributed by atoms with Crippen LogP contribution in [-0.4, -0.2) is 50.4 Å². The summed E-state index contributed by atoms with van der Waals surface area (Å²) in [4.78, 5) is 2.46. The molecule has 2 heterocycles. The highest BCUT2D eigenvalue weighted by Gasteiger charge is 2.29. The molecule has 0 radical (unpaired) electrons. The summed E-state index contributed by atoms with van der Waals surface area (Å²) in [6.45, 7) is 2.15. The molecule has 1 aromatic heterocycles. The molecule has 8 heteroatoms. The van der Waals surface area contributed by atoms with Crippen LogP contribution in [0.15, 0.2) is 53.4 Å². The Morgan fingerprint density at radius 2 is 1.69 bits per heavy atom. The van der Waals surface area contributed by atoms with E-state index in [9.17, 15) is 8.42 Å². The molecule has 0 bridgehead atoms. The molecule has 3 aromatic rings. The van der Waals surface area contributed by atoms with Crippen LogP contribution in [0.3, 0.4) is 0 Å². The van der Waals surface area contributed by atoms with Crippen LogP contribution in [0, 0.1) is 0 Å². The number of hydrogen-bond acceptors (Lipinski definition) is 6. The average Bonchev–Trinajstić information content (AvgIpc) is 3.12. The molecule has 2 aromatic carbocycles. The number of sulfonamides is 1. The number of piperazine rings is 1. The molecule has 4 rings (SSSR count). The predicted octanol–water partition coefficient (Wildman–Crippen LogP) is 2.82. The quantitative estimate of drug-likeness (QED) is 0.687. The molecule has 0 spiro atoms. The van der Waals surface area contributed by atoms with Gasteiger partial charge in [-0.15, -0.1) is 0 Å². The van der Waals surface area contributed by atoms with Gasteiger partial charge in [-0.05, 0) is 47.9 Å². The van der Waals surface area contributed by atoms with E-state index in [2.05, 4.69) is 21.4 Å². The molecule has 0 N–H and O–H groups in total. The Bertz CT molecular complexity index is 1010. The zero-order valence-corrected chi connectivity index (χ0v) is 16.0. The number of hydrogen-bond donors (Lipinski definition) is 0. The zero-order valence-electron chi connectivity index (χ0n) is 14.3. The molecule has 1 aliphatic heterocycles. The Labute approximate surface area is 156 Å². The Hall–Kier alpha value is -2.16. The monoisotopic (exact) mass is 389 g/mol. The Morgan fingerprint density at radius 1 is 1.00 bits per heavy atom. The number of ether oxygens (including phenoxy) is 1. The fourth-order valence-corrected chi connectivity index (χ4v) is 5.36. The van der Waals surface area contributed by atoms with Crippen molar-refractivity contribution >= 4 is 37.5 Å². The number of benzene rings is 2. The second kappa shape index (κ2) is 6.86. The van der Waals surface area contributed by atoms with Crippen LogP contribution in [0.5, 0.6) is 5.75 Å². The fraction of sp³-hybridized carbons (Fsp3) is 0.278. The van der Waals surface area contributed by atoms with Gasteiger partial charge in [-0.25, -0.2) is 8.42 Å². The largest absolute Gasteiger partial charge is 0.497 e. The van der Waals surface area contributed by atoms with E-state index in [-0.39, 0.29) is 0 Å². The molecule has 136 valence electrons. The van der Waals surface area contributed by atoms with Crippen molar-refractivity contribution in [1.29, 1.82) is 0 Å². The molecule has 6 nitrogen and oxygen atoms in total. The van der Waals surface area contributed by atoms with Crippen molar-refractivity contribution in [2.24, 2.45) is 0 Å². The maximum atomic E-state index is 12.8. The number of rotatable bonds is 4. The third-order valence-electron chi connectivity index (χ3n) is 4.59. The summed E-state index contributed by atoms with van der Waals surface area (Å²) in [5.74, 6) is 1.59. The summed E-state index contributed by atoms with van der Waals surface area (Å²) in [7, 11) is -1.93. The smallest absolute Gasteiger partial charge is 0.243 e. The molecule has 1 saturated heterocycles. The van der Waals surface area contributed by atoms with E-state index in [0.29, 0.717) is 36.8 Å². The third kappa shape index (κ3) is 3.04. The van der Waals surface area contributed by atoms with Crippen LogP contribution in [-0.2, 0) is 10.0 Å². The third-order valence-corrected chi connectivity index (χ3v) is 7.32. The van der Waals surface area contributed by atoms with Crippen LogP contribution in [0.4, 0.5) is 5.82 Å². The van der Waals surface area contributed by atoms with E-state index < -0.39 is 10.0 Å². The lowest BCUT2D eigenvalue weighted by Gasteiger charge is -2.34.